The van der Waals surface area contributed by atoms with Gasteiger partial charge in [0.25, 0.3) is 0 Å². The highest BCUT2D eigenvalue weighted by Gasteiger charge is 2.20. The largest absolute Gasteiger partial charge is 0.376 e. The highest BCUT2D eigenvalue weighted by Crippen LogP contribution is 2.17. The molecule has 0 saturated carbocycles. The zero-order chi connectivity index (χ0) is 14.5. The number of halogens is 1. The Hall–Kier alpha value is -1.07. The first kappa shape index (κ1) is 15.3. The lowest BCUT2D eigenvalue weighted by Gasteiger charge is -2.23. The van der Waals surface area contributed by atoms with E-state index in [0.717, 1.165) is 29.5 Å². The van der Waals surface area contributed by atoms with E-state index in [1.54, 1.807) is 4.90 Å². The molecule has 1 aliphatic rings. The molecule has 20 heavy (non-hydrogen) atoms. The first-order valence-electron chi connectivity index (χ1n) is 6.95. The summed E-state index contributed by atoms with van der Waals surface area (Å²) in [6.45, 7) is 3.45. The van der Waals surface area contributed by atoms with Crippen LogP contribution in [0.25, 0.3) is 0 Å². The minimum absolute atomic E-state index is 0.0115. The van der Waals surface area contributed by atoms with Gasteiger partial charge in [0.1, 0.15) is 0 Å². The van der Waals surface area contributed by atoms with Gasteiger partial charge in [-0.2, -0.15) is 0 Å². The minimum Gasteiger partial charge on any atom is -0.376 e. The molecule has 1 heterocycles. The van der Waals surface area contributed by atoms with Gasteiger partial charge in [-0.3, -0.25) is 0 Å². The Balaban J connectivity index is 1.84. The van der Waals surface area contributed by atoms with Crippen molar-refractivity contribution in [1.82, 2.24) is 10.2 Å². The van der Waals surface area contributed by atoms with Crippen LogP contribution in [0.4, 0.5) is 4.79 Å². The lowest BCUT2D eigenvalue weighted by atomic mass is 10.1. The van der Waals surface area contributed by atoms with Crippen LogP contribution in [0.15, 0.2) is 28.7 Å². The summed E-state index contributed by atoms with van der Waals surface area (Å²) in [5.41, 5.74) is 1.09. The molecule has 0 radical (unpaired) electrons. The number of amides is 2. The van der Waals surface area contributed by atoms with Crippen molar-refractivity contribution >= 4 is 22.0 Å². The summed E-state index contributed by atoms with van der Waals surface area (Å²) in [4.78, 5) is 13.8. The molecule has 2 amide bonds. The average Bonchev–Trinajstić information content (AvgIpc) is 2.92. The second-order valence-electron chi connectivity index (χ2n) is 5.24. The summed E-state index contributed by atoms with van der Waals surface area (Å²) in [6.07, 6.45) is 2.32. The normalized spacial score (nSPS) is 19.6. The summed E-state index contributed by atoms with van der Waals surface area (Å²) >= 11 is 3.41. The number of nitrogens with zero attached hydrogens (tertiary/aromatic N) is 1. The Morgan fingerprint density at radius 2 is 2.20 bits per heavy atom. The number of nitrogens with one attached hydrogen (secondary N) is 1. The van der Waals surface area contributed by atoms with Gasteiger partial charge in [0, 0.05) is 24.7 Å². The molecule has 0 bridgehead atoms. The molecule has 1 aliphatic heterocycles. The van der Waals surface area contributed by atoms with Crippen molar-refractivity contribution in [3.63, 3.8) is 0 Å². The van der Waals surface area contributed by atoms with Crippen molar-refractivity contribution in [1.29, 1.82) is 0 Å². The van der Waals surface area contributed by atoms with Gasteiger partial charge in [-0.25, -0.2) is 4.79 Å². The number of carbonyl (C=O) groups excluding carboxylic acids is 1. The highest BCUT2D eigenvalue weighted by atomic mass is 79.9. The Bertz CT molecular complexity index is 444. The summed E-state index contributed by atoms with van der Waals surface area (Å²) < 4.78 is 6.59. The van der Waals surface area contributed by atoms with E-state index in [2.05, 4.69) is 21.2 Å². The molecule has 4 nitrogen and oxygen atoms in total. The third kappa shape index (κ3) is 4.21. The molecular weight excluding hydrogens is 320 g/mol. The standard InChI is InChI=1S/C15H21BrN2O2/c1-11(12-5-7-13(16)8-6-12)17-15(19)18(2)10-14-4-3-9-20-14/h5-8,11,14H,3-4,9-10H2,1-2H3,(H,17,19)/t11-,14+/m1/s1. The predicted molar refractivity (Wildman–Crippen MR) is 82.7 cm³/mol. The molecule has 1 saturated heterocycles. The lowest BCUT2D eigenvalue weighted by molar-refractivity contribution is 0.0871. The second-order valence-corrected chi connectivity index (χ2v) is 6.15. The number of hydrogen-bond acceptors (Lipinski definition) is 2. The van der Waals surface area contributed by atoms with Gasteiger partial charge in [-0.05, 0) is 37.5 Å². The van der Waals surface area contributed by atoms with Crippen LogP contribution in [0.3, 0.4) is 0 Å². The number of benzene rings is 1. The number of urea groups is 1. The van der Waals surface area contributed by atoms with Crippen molar-refractivity contribution in [2.24, 2.45) is 0 Å². The van der Waals surface area contributed by atoms with Gasteiger partial charge >= 0.3 is 6.03 Å². The molecular formula is C15H21BrN2O2. The van der Waals surface area contributed by atoms with Crippen LogP contribution in [0.2, 0.25) is 0 Å². The SMILES string of the molecule is C[C@@H](NC(=O)N(C)C[C@@H]1CCCO1)c1ccc(Br)cc1. The molecule has 110 valence electrons. The average molecular weight is 341 g/mol. The molecule has 2 atom stereocenters. The van der Waals surface area contributed by atoms with E-state index < -0.39 is 0 Å². The minimum atomic E-state index is -0.0593. The lowest BCUT2D eigenvalue weighted by Crippen LogP contribution is -2.42. The maximum absolute atomic E-state index is 12.1. The van der Waals surface area contributed by atoms with Crippen molar-refractivity contribution in [3.8, 4) is 0 Å². The van der Waals surface area contributed by atoms with Gasteiger partial charge < -0.3 is 15.0 Å². The van der Waals surface area contributed by atoms with Gasteiger partial charge in [-0.15, -0.1) is 0 Å². The third-order valence-corrected chi connectivity index (χ3v) is 4.09. The van der Waals surface area contributed by atoms with Gasteiger partial charge in [0.05, 0.1) is 12.1 Å². The molecule has 0 aromatic heterocycles. The number of hydrogen-bond donors (Lipinski definition) is 1. The zero-order valence-electron chi connectivity index (χ0n) is 11.9. The molecule has 1 aromatic rings. The van der Waals surface area contributed by atoms with Crippen LogP contribution in [-0.2, 0) is 4.74 Å². The van der Waals surface area contributed by atoms with Crippen molar-refractivity contribution in [3.05, 3.63) is 34.3 Å². The summed E-state index contributed by atoms with van der Waals surface area (Å²) in [5.74, 6) is 0. The number of ether oxygens (including phenoxy) is 1. The molecule has 0 unspecified atom stereocenters. The fraction of sp³-hybridized carbons (Fsp3) is 0.533. The van der Waals surface area contributed by atoms with E-state index in [0.29, 0.717) is 6.54 Å². The van der Waals surface area contributed by atoms with Crippen molar-refractivity contribution in [2.45, 2.75) is 31.9 Å². The summed E-state index contributed by atoms with van der Waals surface area (Å²) in [5, 5.41) is 3.01. The Kier molecular flexibility index (Phi) is 5.43. The van der Waals surface area contributed by atoms with E-state index in [1.165, 1.54) is 0 Å². The van der Waals surface area contributed by atoms with Crippen LogP contribution in [0, 0.1) is 0 Å². The molecule has 2 rings (SSSR count). The number of carbonyl (C=O) groups is 1. The number of rotatable bonds is 4. The van der Waals surface area contributed by atoms with Gasteiger partial charge in [0.15, 0.2) is 0 Å². The van der Waals surface area contributed by atoms with Crippen molar-refractivity contribution < 1.29 is 9.53 Å². The third-order valence-electron chi connectivity index (χ3n) is 3.56. The summed E-state index contributed by atoms with van der Waals surface area (Å²) in [6, 6.07) is 7.91. The van der Waals surface area contributed by atoms with E-state index in [4.69, 9.17) is 4.74 Å². The van der Waals surface area contributed by atoms with Gasteiger partial charge in [-0.1, -0.05) is 28.1 Å². The van der Waals surface area contributed by atoms with Crippen LogP contribution in [0.1, 0.15) is 31.4 Å². The first-order valence-corrected chi connectivity index (χ1v) is 7.74. The van der Waals surface area contributed by atoms with Crippen LogP contribution < -0.4 is 5.32 Å². The maximum Gasteiger partial charge on any atom is 0.317 e. The quantitative estimate of drug-likeness (QED) is 0.913. The maximum atomic E-state index is 12.1. The molecule has 0 spiro atoms. The van der Waals surface area contributed by atoms with Crippen LogP contribution in [-0.4, -0.2) is 37.2 Å². The topological polar surface area (TPSA) is 41.6 Å². The number of likely N-dealkylation sites (N-methyl/N-ethyl adjacent to an activating group) is 1. The van der Waals surface area contributed by atoms with E-state index in [-0.39, 0.29) is 18.2 Å². The first-order chi connectivity index (χ1) is 9.56. The van der Waals surface area contributed by atoms with E-state index in [9.17, 15) is 4.79 Å². The molecule has 5 heteroatoms. The Labute approximate surface area is 128 Å². The van der Waals surface area contributed by atoms with Crippen molar-refractivity contribution in [2.75, 3.05) is 20.2 Å². The molecule has 0 aliphatic carbocycles. The molecule has 1 fully saturated rings. The van der Waals surface area contributed by atoms with Crippen LogP contribution in [0.5, 0.6) is 0 Å². The molecule has 1 N–H and O–H groups in total. The monoisotopic (exact) mass is 340 g/mol. The zero-order valence-corrected chi connectivity index (χ0v) is 13.5. The molecule has 1 aromatic carbocycles. The fourth-order valence-electron chi connectivity index (χ4n) is 2.31. The van der Waals surface area contributed by atoms with E-state index in [1.807, 2.05) is 38.2 Å². The Morgan fingerprint density at radius 1 is 1.50 bits per heavy atom. The van der Waals surface area contributed by atoms with Gasteiger partial charge in [0.2, 0.25) is 0 Å². The fourth-order valence-corrected chi connectivity index (χ4v) is 2.57. The summed E-state index contributed by atoms with van der Waals surface area (Å²) in [7, 11) is 1.81. The predicted octanol–water partition coefficient (Wildman–Crippen LogP) is 3.33. The van der Waals surface area contributed by atoms with E-state index >= 15 is 0 Å². The highest BCUT2D eigenvalue weighted by molar-refractivity contribution is 9.10. The van der Waals surface area contributed by atoms with Crippen LogP contribution >= 0.6 is 15.9 Å². The smallest absolute Gasteiger partial charge is 0.317 e. The Morgan fingerprint density at radius 3 is 2.80 bits per heavy atom. The second kappa shape index (κ2) is 7.09.